The second-order valence-electron chi connectivity index (χ2n) is 26.4. The molecule has 450 valence electrons. The van der Waals surface area contributed by atoms with Crippen molar-refractivity contribution >= 4 is 99.7 Å². The summed E-state index contributed by atoms with van der Waals surface area (Å²) in [6.07, 6.45) is 2.59. The summed E-state index contributed by atoms with van der Waals surface area (Å²) in [6.45, 7) is 0. The molecule has 0 bridgehead atoms. The molecule has 0 N–H and O–H groups in total. The smallest absolute Gasteiger partial charge is 0.237 e. The van der Waals surface area contributed by atoms with Gasteiger partial charge in [-0.2, -0.15) is 4.98 Å². The second kappa shape index (κ2) is 20.0. The van der Waals surface area contributed by atoms with E-state index in [9.17, 15) is 0 Å². The minimum Gasteiger partial charge on any atom is -0.309 e. The van der Waals surface area contributed by atoms with E-state index in [1.54, 1.807) is 0 Å². The summed E-state index contributed by atoms with van der Waals surface area (Å²) >= 11 is 3.86. The van der Waals surface area contributed by atoms with Crippen molar-refractivity contribution in [3.63, 3.8) is 0 Å². The van der Waals surface area contributed by atoms with Gasteiger partial charge in [-0.25, -0.2) is 9.97 Å². The lowest BCUT2D eigenvalue weighted by atomic mass is 9.67. The van der Waals surface area contributed by atoms with Crippen molar-refractivity contribution in [1.29, 1.82) is 0 Å². The van der Waals surface area contributed by atoms with E-state index in [1.807, 2.05) is 35.8 Å². The van der Waals surface area contributed by atoms with E-state index in [2.05, 4.69) is 306 Å². The van der Waals surface area contributed by atoms with Crippen LogP contribution in [0.15, 0.2) is 329 Å². The van der Waals surface area contributed by atoms with Gasteiger partial charge in [0, 0.05) is 64.0 Å². The summed E-state index contributed by atoms with van der Waals surface area (Å²) in [4.78, 5) is 20.9. The Bertz CT molecular complexity index is 6410. The Morgan fingerprint density at radius 1 is 0.320 bits per heavy atom. The molecule has 5 nitrogen and oxygen atoms in total. The van der Waals surface area contributed by atoms with E-state index < -0.39 is 10.8 Å². The van der Waals surface area contributed by atoms with Crippen LogP contribution in [0, 0.1) is 0 Å². The number of nitrogens with zero attached hydrogens (tertiary/aromatic N) is 5. The van der Waals surface area contributed by atoms with Crippen molar-refractivity contribution in [2.24, 2.45) is 0 Å². The highest BCUT2D eigenvalue weighted by Crippen LogP contribution is 2.66. The van der Waals surface area contributed by atoms with Crippen LogP contribution in [0.1, 0.15) is 55.6 Å². The first kappa shape index (κ1) is 53.7. The average Bonchev–Trinajstić information content (AvgIpc) is 1.55. The number of hydrogen-bond acceptors (Lipinski definition) is 5. The fourth-order valence-corrected chi connectivity index (χ4v) is 20.7. The van der Waals surface area contributed by atoms with Gasteiger partial charge < -0.3 is 4.57 Å². The summed E-state index contributed by atoms with van der Waals surface area (Å²) in [6, 6.07) is 114. The molecule has 2 spiro atoms. The molecular weight excluding hydrogens is 1220 g/mol. The molecule has 0 saturated carbocycles. The molecule has 97 heavy (non-hydrogen) atoms. The van der Waals surface area contributed by atoms with Gasteiger partial charge in [0.25, 0.3) is 0 Å². The van der Waals surface area contributed by atoms with Crippen molar-refractivity contribution in [3.05, 3.63) is 365 Å². The molecule has 22 rings (SSSR count). The predicted octanol–water partition coefficient (Wildman–Crippen LogP) is 22.4. The normalized spacial score (nSPS) is 14.1. The zero-order valence-electron chi connectivity index (χ0n) is 52.2. The lowest BCUT2D eigenvalue weighted by Crippen LogP contribution is -2.32. The molecular formula is C90H53N5S2. The maximum atomic E-state index is 5.53. The summed E-state index contributed by atoms with van der Waals surface area (Å²) < 4.78 is 4.83. The van der Waals surface area contributed by atoms with Crippen LogP contribution in [0.2, 0.25) is 0 Å². The van der Waals surface area contributed by atoms with E-state index >= 15 is 0 Å². The Kier molecular flexibility index (Phi) is 11.1. The van der Waals surface area contributed by atoms with Crippen molar-refractivity contribution in [2.45, 2.75) is 36.8 Å². The monoisotopic (exact) mass is 1270 g/mol. The Morgan fingerprint density at radius 3 is 1.38 bits per heavy atom. The van der Waals surface area contributed by atoms with E-state index in [0.29, 0.717) is 11.6 Å². The maximum absolute atomic E-state index is 5.53. The molecule has 2 aliphatic heterocycles. The van der Waals surface area contributed by atoms with Gasteiger partial charge in [0.2, 0.25) is 5.95 Å². The second-order valence-corrected chi connectivity index (χ2v) is 28.5. The van der Waals surface area contributed by atoms with Crippen LogP contribution in [0.5, 0.6) is 0 Å². The molecule has 7 heteroatoms. The first-order valence-corrected chi connectivity index (χ1v) is 35.0. The first-order chi connectivity index (χ1) is 48.1. The first-order valence-electron chi connectivity index (χ1n) is 33.4. The fraction of sp³-hybridized carbons (Fsp3) is 0.0333. The van der Waals surface area contributed by atoms with Crippen LogP contribution in [0.3, 0.4) is 0 Å². The Labute approximate surface area is 567 Å². The molecule has 14 aromatic carbocycles. The number of rotatable bonds is 5. The molecule has 0 saturated heterocycles. The van der Waals surface area contributed by atoms with E-state index in [0.717, 1.165) is 39.8 Å². The van der Waals surface area contributed by atoms with Crippen LogP contribution in [-0.2, 0) is 17.3 Å². The highest BCUT2D eigenvalue weighted by Gasteiger charge is 2.53. The molecule has 0 unspecified atom stereocenters. The maximum Gasteiger partial charge on any atom is 0.237 e. The summed E-state index contributed by atoms with van der Waals surface area (Å²) in [5.41, 5.74) is 25.4. The van der Waals surface area contributed by atoms with Crippen LogP contribution >= 0.6 is 23.5 Å². The third kappa shape index (κ3) is 7.13. The highest BCUT2D eigenvalue weighted by molar-refractivity contribution is 8.00. The van der Waals surface area contributed by atoms with E-state index in [1.165, 1.54) is 152 Å². The number of benzene rings is 14. The third-order valence-electron chi connectivity index (χ3n) is 21.7. The third-order valence-corrected chi connectivity index (χ3v) is 24.1. The number of aromatic nitrogens is 5. The van der Waals surface area contributed by atoms with Crippen LogP contribution < -0.4 is 0 Å². The van der Waals surface area contributed by atoms with Crippen molar-refractivity contribution in [2.75, 3.05) is 0 Å². The number of hydrogen-bond donors (Lipinski definition) is 0. The number of pyridine rings is 1. The average molecular weight is 1270 g/mol. The van der Waals surface area contributed by atoms with Gasteiger partial charge in [0.1, 0.15) is 0 Å². The molecule has 4 aromatic heterocycles. The Morgan fingerprint density at radius 2 is 0.773 bits per heavy atom. The topological polar surface area (TPSA) is 48.5 Å². The van der Waals surface area contributed by atoms with Crippen molar-refractivity contribution in [3.8, 4) is 45.1 Å². The SMILES string of the molecule is c1ccc(-c2nc(-n3c4ccc5c(c4c4c6ccccc6ccc43)Sc3cc(Cc4ccc(-n6c7ccc8c(c7c7c9ccccc9ccc76)Sc6ccccc6C86c7ccccc7-c7ccccc76)cc4)ccc3C53c4ccccc4-c4ccccc43)nc3ncccc23)cc1. The molecule has 6 heterocycles. The van der Waals surface area contributed by atoms with Gasteiger partial charge in [0.15, 0.2) is 5.65 Å². The summed E-state index contributed by atoms with van der Waals surface area (Å²) in [7, 11) is 0. The Balaban J connectivity index is 0.718. The molecule has 18 aromatic rings. The quantitative estimate of drug-likeness (QED) is 0.172. The predicted molar refractivity (Wildman–Crippen MR) is 399 cm³/mol. The molecule has 0 fully saturated rings. The van der Waals surface area contributed by atoms with Crippen LogP contribution in [-0.4, -0.2) is 24.1 Å². The molecule has 0 radical (unpaired) electrons. The molecule has 4 aliphatic rings. The van der Waals surface area contributed by atoms with E-state index in [4.69, 9.17) is 15.0 Å². The minimum atomic E-state index is -0.609. The molecule has 0 amide bonds. The van der Waals surface area contributed by atoms with Gasteiger partial charge in [-0.15, -0.1) is 0 Å². The van der Waals surface area contributed by atoms with Gasteiger partial charge in [0.05, 0.1) is 38.6 Å². The zero-order chi connectivity index (χ0) is 63.2. The summed E-state index contributed by atoms with van der Waals surface area (Å²) in [5, 5.41) is 10.8. The highest BCUT2D eigenvalue weighted by atomic mass is 32.2. The Hall–Kier alpha value is -11.6. The zero-order valence-corrected chi connectivity index (χ0v) is 53.8. The molecule has 0 atom stereocenters. The fourth-order valence-electron chi connectivity index (χ4n) is 17.9. The lowest BCUT2D eigenvalue weighted by Gasteiger charge is -2.40. The van der Waals surface area contributed by atoms with Crippen molar-refractivity contribution in [1.82, 2.24) is 24.1 Å². The summed E-state index contributed by atoms with van der Waals surface area (Å²) in [5.74, 6) is 0.590. The van der Waals surface area contributed by atoms with Gasteiger partial charge in [-0.1, -0.05) is 266 Å². The van der Waals surface area contributed by atoms with Gasteiger partial charge in [-0.05, 0) is 167 Å². The van der Waals surface area contributed by atoms with Crippen LogP contribution in [0.25, 0.3) is 121 Å². The van der Waals surface area contributed by atoms with Crippen LogP contribution in [0.4, 0.5) is 0 Å². The van der Waals surface area contributed by atoms with E-state index in [-0.39, 0.29) is 0 Å². The van der Waals surface area contributed by atoms with Crippen molar-refractivity contribution < 1.29 is 0 Å². The minimum absolute atomic E-state index is 0.480. The van der Waals surface area contributed by atoms with Gasteiger partial charge >= 0.3 is 0 Å². The van der Waals surface area contributed by atoms with Gasteiger partial charge in [-0.3, -0.25) is 4.57 Å². The largest absolute Gasteiger partial charge is 0.309 e. The molecule has 2 aliphatic carbocycles. The lowest BCUT2D eigenvalue weighted by molar-refractivity contribution is 0.724. The number of fused-ring (bicyclic) bond motifs is 31. The standard InChI is InChI=1S/C90H53N5S2/c1-2-21-57(22-3-1)84-65-29-18-50-91-87(65)93-88(92-84)95-75-47-40-56-20-5-7-24-60(56)81(75)83-77(95)49-45-73-86(83)97-79-52-54(38-43-71(79)90(73)68-32-14-10-27-63(68)64-28-11-15-33-69(64)90)51-53-36-41-58(42-37-53)94-74-46-39-55-19-4-6-23-59(55)80(74)82-76(94)48-44-72-85(82)96-78-35-17-16-34-70(78)89(72)66-30-12-8-25-61(66)62-26-9-13-31-67(62)89/h1-50,52H,51H2.